The van der Waals surface area contributed by atoms with Gasteiger partial charge in [0.15, 0.2) is 0 Å². The van der Waals surface area contributed by atoms with Crippen LogP contribution in [0.25, 0.3) is 0 Å². The van der Waals surface area contributed by atoms with Crippen LogP contribution in [0.2, 0.25) is 0 Å². The predicted molar refractivity (Wildman–Crippen MR) is 17.9 cm³/mol. The molecule has 0 heterocycles. The molecule has 7 heavy (non-hydrogen) atoms. The van der Waals surface area contributed by atoms with E-state index in [0.717, 1.165) is 6.08 Å². The van der Waals surface area contributed by atoms with Crippen molar-refractivity contribution < 1.29 is 34.7 Å². The number of hydrogen-bond acceptors (Lipinski definition) is 3. The van der Waals surface area contributed by atoms with Gasteiger partial charge in [0.2, 0.25) is 0 Å². The monoisotopic (exact) mass is 106 g/mol. The molecule has 32 valence electrons. The van der Waals surface area contributed by atoms with Gasteiger partial charge in [-0.15, -0.1) is 0 Å². The Morgan fingerprint density at radius 2 is 2.29 bits per heavy atom. The molecule has 0 atom stereocenters. The topological polar surface area (TPSA) is 72.9 Å². The summed E-state index contributed by atoms with van der Waals surface area (Å²) in [5.74, 6) is -0.697. The van der Waals surface area contributed by atoms with Crippen molar-refractivity contribution in [2.45, 2.75) is 0 Å². The summed E-state index contributed by atoms with van der Waals surface area (Å²) in [5, 5.41) is 17.2. The average molecular weight is 106 g/mol. The van der Waals surface area contributed by atoms with Gasteiger partial charge in [-0.3, -0.25) is 0 Å². The van der Waals surface area contributed by atoms with Crippen molar-refractivity contribution in [3.8, 4) is 6.07 Å². The van der Waals surface area contributed by atoms with Crippen LogP contribution < -0.4 is 40.4 Å². The molecule has 0 aromatic heterocycles. The zero-order chi connectivity index (χ0) is 4.99. The largest absolute Gasteiger partial charge is 1.00 e. The van der Waals surface area contributed by atoms with E-state index in [2.05, 4.69) is 5.73 Å². The van der Waals surface area contributed by atoms with Crippen LogP contribution in [0.15, 0.2) is 12.0 Å². The van der Waals surface area contributed by atoms with E-state index in [1.54, 1.807) is 0 Å². The van der Waals surface area contributed by atoms with Gasteiger partial charge in [0.25, 0.3) is 0 Å². The number of nitrogens with zero attached hydrogens (tertiary/aromatic N) is 1. The van der Waals surface area contributed by atoms with Gasteiger partial charge >= 0.3 is 29.6 Å². The van der Waals surface area contributed by atoms with Crippen LogP contribution >= 0.6 is 0 Å². The Morgan fingerprint density at radius 3 is 2.29 bits per heavy atom. The molecule has 0 rings (SSSR count). The van der Waals surface area contributed by atoms with Gasteiger partial charge < -0.3 is 10.8 Å². The summed E-state index contributed by atoms with van der Waals surface area (Å²) in [6.45, 7) is 0. The van der Waals surface area contributed by atoms with Crippen LogP contribution in [0.4, 0.5) is 0 Å². The van der Waals surface area contributed by atoms with E-state index in [1.807, 2.05) is 0 Å². The van der Waals surface area contributed by atoms with Crippen LogP contribution in [-0.4, -0.2) is 0 Å². The normalized spacial score (nSPS) is 8.71. The maximum absolute atomic E-state index is 9.54. The quantitative estimate of drug-likeness (QED) is 0.193. The van der Waals surface area contributed by atoms with Gasteiger partial charge in [-0.05, 0) is 5.88 Å². The van der Waals surface area contributed by atoms with E-state index in [-0.39, 0.29) is 29.6 Å². The third kappa shape index (κ3) is 10.7. The Bertz CT molecular complexity index is 100.0. The van der Waals surface area contributed by atoms with Crippen LogP contribution in [0.3, 0.4) is 0 Å². The molecule has 0 saturated carbocycles. The van der Waals surface area contributed by atoms with Crippen LogP contribution in [0, 0.1) is 11.3 Å². The van der Waals surface area contributed by atoms with E-state index in [9.17, 15) is 5.11 Å². The fourth-order valence-electron chi connectivity index (χ4n) is 0.0636. The van der Waals surface area contributed by atoms with Crippen LogP contribution in [0.1, 0.15) is 0 Å². The zero-order valence-corrected chi connectivity index (χ0v) is 6.01. The molecule has 0 radical (unpaired) electrons. The first-order chi connectivity index (χ1) is 2.77. The number of nitriles is 1. The zero-order valence-electron chi connectivity index (χ0n) is 4.01. The first-order valence-corrected chi connectivity index (χ1v) is 1.29. The summed E-state index contributed by atoms with van der Waals surface area (Å²) < 4.78 is 0. The summed E-state index contributed by atoms with van der Waals surface area (Å²) >= 11 is 0. The van der Waals surface area contributed by atoms with Gasteiger partial charge in [0.1, 0.15) is 0 Å². The smallest absolute Gasteiger partial charge is 0.860 e. The minimum absolute atomic E-state index is 0. The summed E-state index contributed by atoms with van der Waals surface area (Å²) in [6.07, 6.45) is 0.736. The van der Waals surface area contributed by atoms with Crippen LogP contribution in [-0.2, 0) is 0 Å². The maximum atomic E-state index is 9.54. The van der Waals surface area contributed by atoms with Crippen molar-refractivity contribution in [2.24, 2.45) is 5.73 Å². The summed E-state index contributed by atoms with van der Waals surface area (Å²) in [5.41, 5.74) is 4.49. The van der Waals surface area contributed by atoms with Crippen molar-refractivity contribution in [1.29, 1.82) is 5.26 Å². The minimum Gasteiger partial charge on any atom is -0.860 e. The Kier molecular flexibility index (Phi) is 8.29. The standard InChI is InChI=1S/C3H4N2O.Na/c4-2-1-3(5)6;/h1,6H,5H2;/q;+1/p-1/b3-1+;. The molecular weight excluding hydrogens is 103 g/mol. The van der Waals surface area contributed by atoms with Crippen molar-refractivity contribution in [3.05, 3.63) is 12.0 Å². The number of allylic oxidation sites excluding steroid dienone is 1. The molecule has 0 aliphatic heterocycles. The Hall–Kier alpha value is -0.170. The Morgan fingerprint density at radius 1 is 1.86 bits per heavy atom. The molecule has 0 fully saturated rings. The molecule has 0 aliphatic carbocycles. The van der Waals surface area contributed by atoms with Crippen molar-refractivity contribution >= 4 is 0 Å². The molecule has 0 aliphatic rings. The molecule has 0 aromatic rings. The van der Waals surface area contributed by atoms with E-state index in [4.69, 9.17) is 5.26 Å². The third-order valence-corrected chi connectivity index (χ3v) is 0.207. The number of nitrogens with two attached hydrogens (primary N) is 1. The fourth-order valence-corrected chi connectivity index (χ4v) is 0.0636. The van der Waals surface area contributed by atoms with Crippen molar-refractivity contribution in [3.63, 3.8) is 0 Å². The summed E-state index contributed by atoms with van der Waals surface area (Å²) in [4.78, 5) is 0. The second-order valence-electron chi connectivity index (χ2n) is 0.676. The SMILES string of the molecule is N#C/C=C(\N)[O-].[Na+]. The first kappa shape index (κ1) is 9.95. The minimum atomic E-state index is -0.697. The second-order valence-corrected chi connectivity index (χ2v) is 0.676. The molecule has 0 unspecified atom stereocenters. The van der Waals surface area contributed by atoms with Gasteiger partial charge in [0, 0.05) is 6.08 Å². The van der Waals surface area contributed by atoms with E-state index < -0.39 is 5.88 Å². The van der Waals surface area contributed by atoms with Gasteiger partial charge in [-0.25, -0.2) is 0 Å². The van der Waals surface area contributed by atoms with Gasteiger partial charge in [-0.1, -0.05) is 0 Å². The maximum Gasteiger partial charge on any atom is 1.00 e. The molecule has 0 bridgehead atoms. The molecule has 0 spiro atoms. The molecule has 0 aromatic carbocycles. The van der Waals surface area contributed by atoms with E-state index in [0.29, 0.717) is 0 Å². The molecular formula is C3H3N2NaO. The average Bonchev–Trinajstić information content (AvgIpc) is 1.35. The third-order valence-electron chi connectivity index (χ3n) is 0.207. The number of hydrogen-bond donors (Lipinski definition) is 1. The van der Waals surface area contributed by atoms with Gasteiger partial charge in [-0.2, -0.15) is 5.26 Å². The molecule has 2 N–H and O–H groups in total. The molecule has 0 saturated heterocycles. The first-order valence-electron chi connectivity index (χ1n) is 1.29. The Balaban J connectivity index is 0. The van der Waals surface area contributed by atoms with E-state index in [1.165, 1.54) is 6.07 Å². The Labute approximate surface area is 63.7 Å². The second kappa shape index (κ2) is 5.83. The molecule has 4 heteroatoms. The predicted octanol–water partition coefficient (Wildman–Crippen LogP) is -4.33. The summed E-state index contributed by atoms with van der Waals surface area (Å²) in [7, 11) is 0. The van der Waals surface area contributed by atoms with Gasteiger partial charge in [0.05, 0.1) is 6.07 Å². The molecule has 0 amide bonds. The van der Waals surface area contributed by atoms with E-state index >= 15 is 0 Å². The van der Waals surface area contributed by atoms with Crippen molar-refractivity contribution in [2.75, 3.05) is 0 Å². The summed E-state index contributed by atoms with van der Waals surface area (Å²) in [6, 6.07) is 1.47. The fraction of sp³-hybridized carbons (Fsp3) is 0. The number of rotatable bonds is 0. The molecule has 3 nitrogen and oxygen atoms in total. The van der Waals surface area contributed by atoms with Crippen LogP contribution in [0.5, 0.6) is 0 Å². The van der Waals surface area contributed by atoms with Crippen molar-refractivity contribution in [1.82, 2.24) is 0 Å².